The molecule has 4 aliphatic heterocycles. The van der Waals surface area contributed by atoms with Crippen LogP contribution in [0.3, 0.4) is 0 Å². The Bertz CT molecular complexity index is 1770. The molecule has 0 spiro atoms. The molecular weight excluding hydrogens is 787 g/mol. The van der Waals surface area contributed by atoms with Gasteiger partial charge in [-0.15, -0.1) is 0 Å². The lowest BCUT2D eigenvalue weighted by Gasteiger charge is -2.38. The maximum Gasteiger partial charge on any atom is 0.305 e. The van der Waals surface area contributed by atoms with Gasteiger partial charge in [-0.2, -0.15) is 0 Å². The highest BCUT2D eigenvalue weighted by Crippen LogP contribution is 2.27. The Morgan fingerprint density at radius 3 is 2.03 bits per heavy atom. The highest BCUT2D eigenvalue weighted by atomic mass is 16.4. The number of nitrogens with zero attached hydrogens (tertiary/aromatic N) is 2. The third-order valence-corrected chi connectivity index (χ3v) is 11.7. The van der Waals surface area contributed by atoms with Crippen LogP contribution in [0.15, 0.2) is 24.3 Å². The lowest BCUT2D eigenvalue weighted by molar-refractivity contribution is -0.142. The molecule has 1 aromatic carbocycles. The fraction of sp³-hybridized carbons (Fsp3) is 0.682. The summed E-state index contributed by atoms with van der Waals surface area (Å²) in [5, 5.41) is 34.1. The smallest absolute Gasteiger partial charge is 0.305 e. The second-order valence-corrected chi connectivity index (χ2v) is 18.6. The number of amides is 6. The number of carboxylic acids is 1. The minimum Gasteiger partial charge on any atom is -0.481 e. The van der Waals surface area contributed by atoms with Crippen molar-refractivity contribution < 1.29 is 48.6 Å². The first kappa shape index (κ1) is 48.8. The Morgan fingerprint density at radius 2 is 1.46 bits per heavy atom. The van der Waals surface area contributed by atoms with Crippen molar-refractivity contribution in [3.63, 3.8) is 0 Å². The third-order valence-electron chi connectivity index (χ3n) is 11.7. The van der Waals surface area contributed by atoms with Crippen LogP contribution in [-0.2, 0) is 44.8 Å². The molecule has 0 aliphatic carbocycles. The molecule has 4 saturated heterocycles. The van der Waals surface area contributed by atoms with Crippen LogP contribution in [0.2, 0.25) is 0 Å². The predicted molar refractivity (Wildman–Crippen MR) is 225 cm³/mol. The highest BCUT2D eigenvalue weighted by molar-refractivity contribution is 5.96. The Morgan fingerprint density at radius 1 is 0.836 bits per heavy atom. The average Bonchev–Trinajstić information content (AvgIpc) is 3.64. The summed E-state index contributed by atoms with van der Waals surface area (Å²) < 4.78 is 0. The summed E-state index contributed by atoms with van der Waals surface area (Å²) in [6.07, 6.45) is -0.549. The molecule has 1 aromatic rings. The maximum absolute atomic E-state index is 14.4. The first-order chi connectivity index (χ1) is 28.5. The normalized spacial score (nSPS) is 28.7. The number of aliphatic carboxylic acids is 1. The first-order valence-corrected chi connectivity index (χ1v) is 21.6. The third kappa shape index (κ3) is 13.8. The van der Waals surface area contributed by atoms with Crippen molar-refractivity contribution >= 4 is 47.2 Å². The van der Waals surface area contributed by atoms with E-state index in [0.29, 0.717) is 32.2 Å². The van der Waals surface area contributed by atoms with Crippen LogP contribution >= 0.6 is 0 Å². The number of ketones is 1. The zero-order valence-electron chi connectivity index (χ0n) is 36.9. The van der Waals surface area contributed by atoms with Crippen molar-refractivity contribution in [2.24, 2.45) is 17.8 Å². The molecule has 7 N–H and O–H groups in total. The first-order valence-electron chi connectivity index (χ1n) is 21.6. The maximum atomic E-state index is 14.4. The summed E-state index contributed by atoms with van der Waals surface area (Å²) in [5.41, 5.74) is 1.14. The molecule has 61 heavy (non-hydrogen) atoms. The van der Waals surface area contributed by atoms with Gasteiger partial charge in [0, 0.05) is 43.3 Å². The number of hydrogen-bond donors (Lipinski definition) is 7. The van der Waals surface area contributed by atoms with Crippen molar-refractivity contribution in [2.45, 2.75) is 155 Å². The van der Waals surface area contributed by atoms with Crippen LogP contribution < -0.4 is 26.6 Å². The van der Waals surface area contributed by atoms with E-state index in [1.54, 1.807) is 37.5 Å². The number of aryl methyl sites for hydroxylation is 1. The fourth-order valence-corrected chi connectivity index (χ4v) is 8.57. The molecule has 0 saturated carbocycles. The number of benzene rings is 1. The van der Waals surface area contributed by atoms with E-state index in [4.69, 9.17) is 0 Å². The van der Waals surface area contributed by atoms with Gasteiger partial charge in [0.1, 0.15) is 30.0 Å². The van der Waals surface area contributed by atoms with Gasteiger partial charge in [0.15, 0.2) is 0 Å². The van der Waals surface area contributed by atoms with E-state index < -0.39 is 102 Å². The zero-order chi connectivity index (χ0) is 45.3. The van der Waals surface area contributed by atoms with Crippen LogP contribution in [0.1, 0.15) is 105 Å². The number of carbonyl (C=O) groups excluding carboxylic acids is 7. The molecule has 4 heterocycles. The fourth-order valence-electron chi connectivity index (χ4n) is 8.57. The monoisotopic (exact) mass is 853 g/mol. The number of nitrogens with one attached hydrogen (secondary N) is 5. The van der Waals surface area contributed by atoms with Gasteiger partial charge in [-0.05, 0) is 91.7 Å². The molecule has 0 aromatic heterocycles. The summed E-state index contributed by atoms with van der Waals surface area (Å²) >= 11 is 0. The number of piperidine rings is 1. The second-order valence-electron chi connectivity index (χ2n) is 18.6. The predicted octanol–water partition coefficient (Wildman–Crippen LogP) is 0.974. The van der Waals surface area contributed by atoms with E-state index in [9.17, 15) is 48.6 Å². The molecule has 5 rings (SSSR count). The van der Waals surface area contributed by atoms with Crippen molar-refractivity contribution in [1.29, 1.82) is 0 Å². The number of aliphatic hydroxyl groups is 1. The number of Topliss-reactive ketones (excluding diaryl/α,β-unsaturated/α-hetero) is 1. The molecule has 17 heteroatoms. The van der Waals surface area contributed by atoms with Gasteiger partial charge >= 0.3 is 5.97 Å². The van der Waals surface area contributed by atoms with Crippen LogP contribution in [-0.4, -0.2) is 135 Å². The quantitative estimate of drug-likeness (QED) is 0.182. The summed E-state index contributed by atoms with van der Waals surface area (Å²) in [5.74, 6) is -6.96. The van der Waals surface area contributed by atoms with E-state index in [0.717, 1.165) is 11.1 Å². The number of carboxylic acid groups (broad SMARTS) is 1. The molecule has 4 aliphatic rings. The standard InChI is InChI=1S/C44H67N7O10/c1-24(2)20-30-22-34(53)29-15-18-50(19-16-29)43(61)32(21-28-13-11-25(3)12-14-28)47-40(58)33-10-9-17-51(33)37(42(60)49-44(6,7)8)26(4)45-41(59)36(27(5)52)48-39(57)31(23-35(54)55)46-38(30)56/h11-14,24,26-27,29-33,36-37,52H,9-10,15-23H2,1-8H3,(H,45,59)(H,46,56)(H,47,58)(H,48,57)(H,49,60)(H,54,55)/t26-,27+,30+,31-,32-,33-,36-,37-/m0/s1. The molecular formula is C44H67N7O10. The van der Waals surface area contributed by atoms with E-state index in [1.807, 2.05) is 45.0 Å². The molecule has 338 valence electrons. The van der Waals surface area contributed by atoms with Crippen LogP contribution in [0.4, 0.5) is 0 Å². The number of rotatable bonds is 8. The van der Waals surface area contributed by atoms with Crippen LogP contribution in [0.5, 0.6) is 0 Å². The van der Waals surface area contributed by atoms with Gasteiger partial charge in [-0.3, -0.25) is 43.3 Å². The molecule has 17 nitrogen and oxygen atoms in total. The average molecular weight is 854 g/mol. The van der Waals surface area contributed by atoms with Crippen molar-refractivity contribution in [3.05, 3.63) is 35.4 Å². The van der Waals surface area contributed by atoms with Gasteiger partial charge < -0.3 is 41.7 Å². The van der Waals surface area contributed by atoms with E-state index in [2.05, 4.69) is 26.6 Å². The van der Waals surface area contributed by atoms with Crippen molar-refractivity contribution in [1.82, 2.24) is 36.4 Å². The zero-order valence-corrected chi connectivity index (χ0v) is 36.9. The summed E-state index contributed by atoms with van der Waals surface area (Å²) in [6.45, 7) is 14.6. The van der Waals surface area contributed by atoms with E-state index >= 15 is 0 Å². The van der Waals surface area contributed by atoms with E-state index in [-0.39, 0.29) is 50.0 Å². The molecule has 8 atom stereocenters. The minimum absolute atomic E-state index is 0.0476. The Hall–Kier alpha value is -4.90. The lowest BCUT2D eigenvalue weighted by atomic mass is 9.84. The number of hydrogen-bond acceptors (Lipinski definition) is 10. The van der Waals surface area contributed by atoms with Crippen LogP contribution in [0.25, 0.3) is 0 Å². The van der Waals surface area contributed by atoms with Crippen LogP contribution in [0, 0.1) is 24.7 Å². The lowest BCUT2D eigenvalue weighted by Crippen LogP contribution is -2.65. The Balaban J connectivity index is 1.77. The molecule has 0 radical (unpaired) electrons. The van der Waals surface area contributed by atoms with Crippen molar-refractivity contribution in [2.75, 3.05) is 19.6 Å². The van der Waals surface area contributed by atoms with Gasteiger partial charge in [0.25, 0.3) is 0 Å². The topological polar surface area (TPSA) is 244 Å². The molecule has 4 fully saturated rings. The number of carbonyl (C=O) groups is 8. The molecule has 2 bridgehead atoms. The summed E-state index contributed by atoms with van der Waals surface area (Å²) in [7, 11) is 0. The summed E-state index contributed by atoms with van der Waals surface area (Å²) in [4.78, 5) is 114. The summed E-state index contributed by atoms with van der Waals surface area (Å²) in [6, 6.07) is 0.343. The Kier molecular flexibility index (Phi) is 17.0. The number of aliphatic hydroxyl groups excluding tert-OH is 1. The minimum atomic E-state index is -1.67. The van der Waals surface area contributed by atoms with Gasteiger partial charge in [0.2, 0.25) is 35.4 Å². The number of fused-ring (bicyclic) bond motifs is 17. The van der Waals surface area contributed by atoms with E-state index in [1.165, 1.54) is 6.92 Å². The van der Waals surface area contributed by atoms with Gasteiger partial charge in [-0.25, -0.2) is 0 Å². The molecule has 6 amide bonds. The Labute approximate surface area is 358 Å². The largest absolute Gasteiger partial charge is 0.481 e. The van der Waals surface area contributed by atoms with Gasteiger partial charge in [0.05, 0.1) is 24.6 Å². The highest BCUT2D eigenvalue weighted by Gasteiger charge is 2.45. The molecule has 0 unspecified atom stereocenters. The second kappa shape index (κ2) is 21.3. The van der Waals surface area contributed by atoms with Crippen molar-refractivity contribution in [3.8, 4) is 0 Å². The van der Waals surface area contributed by atoms with Gasteiger partial charge in [-0.1, -0.05) is 43.7 Å². The SMILES string of the molecule is Cc1ccc(C[C@@H]2NC(=O)[C@@H]3CCCN3[C@H](C(=O)NC(C)(C)C)[C@H](C)NC(=O)[C@H]([C@@H](C)O)NC(=O)[C@H](CC(=O)O)NC(=O)[C@H](CC(C)C)CC(=O)C3CCN(CC3)C2=O)cc1.